The first-order valence-electron chi connectivity index (χ1n) is 8.70. The fourth-order valence-electron chi connectivity index (χ4n) is 4.16. The van der Waals surface area contributed by atoms with Crippen molar-refractivity contribution < 1.29 is 17.9 Å². The molecule has 1 aromatic carbocycles. The van der Waals surface area contributed by atoms with Crippen LogP contribution in [0, 0.1) is 11.8 Å². The number of hydrogen-bond donors (Lipinski definition) is 1. The lowest BCUT2D eigenvalue weighted by atomic mass is 9.70. The van der Waals surface area contributed by atoms with Crippen molar-refractivity contribution in [2.45, 2.75) is 55.9 Å². The van der Waals surface area contributed by atoms with Gasteiger partial charge in [0.25, 0.3) is 0 Å². The molecule has 2 saturated carbocycles. The summed E-state index contributed by atoms with van der Waals surface area (Å²) >= 11 is 0. The normalized spacial score (nSPS) is 27.3. The molecule has 0 aliphatic heterocycles. The molecule has 1 N–H and O–H groups in total. The topological polar surface area (TPSA) is 72.5 Å². The molecule has 0 radical (unpaired) electrons. The lowest BCUT2D eigenvalue weighted by Gasteiger charge is -2.39. The number of carbonyl (C=O) groups excluding carboxylic acids is 1. The van der Waals surface area contributed by atoms with Gasteiger partial charge in [-0.05, 0) is 55.4 Å². The predicted molar refractivity (Wildman–Crippen MR) is 91.2 cm³/mol. The molecule has 132 valence electrons. The Labute approximate surface area is 143 Å². The Balaban J connectivity index is 1.66. The van der Waals surface area contributed by atoms with E-state index in [1.54, 1.807) is 0 Å². The van der Waals surface area contributed by atoms with Crippen LogP contribution in [0.2, 0.25) is 0 Å². The quantitative estimate of drug-likeness (QED) is 0.846. The molecule has 0 saturated heterocycles. The average molecular weight is 351 g/mol. The van der Waals surface area contributed by atoms with E-state index < -0.39 is 16.0 Å². The zero-order chi connectivity index (χ0) is 17.2. The van der Waals surface area contributed by atoms with Gasteiger partial charge in [-0.1, -0.05) is 25.7 Å². The molecule has 6 heteroatoms. The van der Waals surface area contributed by atoms with Crippen molar-refractivity contribution in [3.8, 4) is 0 Å². The average Bonchev–Trinajstić information content (AvgIpc) is 2.60. The van der Waals surface area contributed by atoms with Crippen LogP contribution in [0.4, 0.5) is 0 Å². The Kier molecular flexibility index (Phi) is 5.25. The van der Waals surface area contributed by atoms with Crippen molar-refractivity contribution in [1.82, 2.24) is 4.72 Å². The van der Waals surface area contributed by atoms with E-state index in [1.165, 1.54) is 57.1 Å². The molecule has 24 heavy (non-hydrogen) atoms. The Morgan fingerprint density at radius 2 is 1.71 bits per heavy atom. The van der Waals surface area contributed by atoms with Gasteiger partial charge in [0.1, 0.15) is 0 Å². The van der Waals surface area contributed by atoms with Crippen molar-refractivity contribution in [1.29, 1.82) is 0 Å². The molecule has 0 bridgehead atoms. The third-order valence-corrected chi connectivity index (χ3v) is 6.98. The van der Waals surface area contributed by atoms with Crippen molar-refractivity contribution >= 4 is 16.0 Å². The number of fused-ring (bicyclic) bond motifs is 1. The maximum absolute atomic E-state index is 12.6. The summed E-state index contributed by atoms with van der Waals surface area (Å²) in [6.45, 7) is 0. The lowest BCUT2D eigenvalue weighted by Crippen LogP contribution is -2.41. The molecule has 0 amide bonds. The highest BCUT2D eigenvalue weighted by molar-refractivity contribution is 7.89. The highest BCUT2D eigenvalue weighted by Crippen LogP contribution is 2.40. The molecular formula is C18H25NO4S. The molecule has 2 fully saturated rings. The van der Waals surface area contributed by atoms with E-state index in [0.29, 0.717) is 11.5 Å². The van der Waals surface area contributed by atoms with Gasteiger partial charge >= 0.3 is 5.97 Å². The van der Waals surface area contributed by atoms with E-state index in [-0.39, 0.29) is 10.9 Å². The predicted octanol–water partition coefficient (Wildman–Crippen LogP) is 3.11. The first-order chi connectivity index (χ1) is 11.5. The van der Waals surface area contributed by atoms with Gasteiger partial charge in [-0.15, -0.1) is 0 Å². The first-order valence-corrected chi connectivity index (χ1v) is 10.2. The fraction of sp³-hybridized carbons (Fsp3) is 0.611. The van der Waals surface area contributed by atoms with Crippen LogP contribution in [0.15, 0.2) is 29.2 Å². The van der Waals surface area contributed by atoms with Gasteiger partial charge in [0, 0.05) is 6.04 Å². The van der Waals surface area contributed by atoms with Crippen molar-refractivity contribution in [3.63, 3.8) is 0 Å². The second kappa shape index (κ2) is 7.23. The minimum absolute atomic E-state index is 0.0228. The van der Waals surface area contributed by atoms with E-state index >= 15 is 0 Å². The molecule has 1 aromatic rings. The zero-order valence-corrected chi connectivity index (χ0v) is 14.8. The fourth-order valence-corrected chi connectivity index (χ4v) is 5.44. The molecule has 0 heterocycles. The summed E-state index contributed by atoms with van der Waals surface area (Å²) in [4.78, 5) is 11.6. The van der Waals surface area contributed by atoms with Crippen LogP contribution in [0.5, 0.6) is 0 Å². The van der Waals surface area contributed by atoms with Gasteiger partial charge < -0.3 is 4.74 Å². The van der Waals surface area contributed by atoms with Crippen LogP contribution in [0.25, 0.3) is 0 Å². The van der Waals surface area contributed by atoms with Gasteiger partial charge in [0.15, 0.2) is 0 Å². The van der Waals surface area contributed by atoms with Crippen molar-refractivity contribution in [2.24, 2.45) is 11.8 Å². The molecule has 3 atom stereocenters. The molecule has 5 nitrogen and oxygen atoms in total. The number of rotatable bonds is 4. The van der Waals surface area contributed by atoms with E-state index in [9.17, 15) is 13.2 Å². The summed E-state index contributed by atoms with van der Waals surface area (Å²) in [5.74, 6) is 0.989. The van der Waals surface area contributed by atoms with Crippen LogP contribution in [0.1, 0.15) is 55.3 Å². The molecule has 3 rings (SSSR count). The Morgan fingerprint density at radius 3 is 2.38 bits per heavy atom. The van der Waals surface area contributed by atoms with Gasteiger partial charge in [-0.3, -0.25) is 0 Å². The maximum Gasteiger partial charge on any atom is 0.337 e. The summed E-state index contributed by atoms with van der Waals surface area (Å²) in [6.07, 6.45) is 8.12. The molecule has 2 aliphatic rings. The molecule has 2 aliphatic carbocycles. The second-order valence-electron chi connectivity index (χ2n) is 6.95. The Morgan fingerprint density at radius 1 is 1.04 bits per heavy atom. The summed E-state index contributed by atoms with van der Waals surface area (Å²) < 4.78 is 32.7. The summed E-state index contributed by atoms with van der Waals surface area (Å²) in [6, 6.07) is 5.91. The third-order valence-electron chi connectivity index (χ3n) is 5.45. The van der Waals surface area contributed by atoms with Crippen LogP contribution in [-0.4, -0.2) is 27.5 Å². The first kappa shape index (κ1) is 17.4. The van der Waals surface area contributed by atoms with Gasteiger partial charge in [0.05, 0.1) is 17.6 Å². The number of carbonyl (C=O) groups is 1. The van der Waals surface area contributed by atoms with Gasteiger partial charge in [-0.25, -0.2) is 17.9 Å². The largest absolute Gasteiger partial charge is 0.465 e. The highest BCUT2D eigenvalue weighted by atomic mass is 32.2. The Bertz CT molecular complexity index is 683. The van der Waals surface area contributed by atoms with Crippen LogP contribution in [0.3, 0.4) is 0 Å². The minimum atomic E-state index is -3.55. The van der Waals surface area contributed by atoms with Gasteiger partial charge in [-0.2, -0.15) is 0 Å². The van der Waals surface area contributed by atoms with E-state index in [0.717, 1.165) is 25.2 Å². The van der Waals surface area contributed by atoms with E-state index in [4.69, 9.17) is 0 Å². The number of benzene rings is 1. The number of ether oxygens (including phenoxy) is 1. The number of esters is 1. The highest BCUT2D eigenvalue weighted by Gasteiger charge is 2.33. The van der Waals surface area contributed by atoms with Crippen molar-refractivity contribution in [2.75, 3.05) is 7.11 Å². The van der Waals surface area contributed by atoms with Crippen LogP contribution >= 0.6 is 0 Å². The smallest absolute Gasteiger partial charge is 0.337 e. The number of nitrogens with one attached hydrogen (secondary N) is 1. The molecule has 0 spiro atoms. The standard InChI is InChI=1S/C18H25NO4S/c1-23-18(20)14-7-10-17(11-8-14)24(21,22)19-16-9-6-13-4-2-3-5-15(13)12-16/h7-8,10-11,13,15-16,19H,2-6,9,12H2,1H3. The summed E-state index contributed by atoms with van der Waals surface area (Å²) in [5, 5.41) is 0. The monoisotopic (exact) mass is 351 g/mol. The SMILES string of the molecule is COC(=O)c1ccc(S(=O)(=O)NC2CCC3CCCCC3C2)cc1. The lowest BCUT2D eigenvalue weighted by molar-refractivity contribution is 0.0600. The van der Waals surface area contributed by atoms with Gasteiger partial charge in [0.2, 0.25) is 10.0 Å². The summed E-state index contributed by atoms with van der Waals surface area (Å²) in [7, 11) is -2.25. The number of sulfonamides is 1. The Hall–Kier alpha value is -1.40. The maximum atomic E-state index is 12.6. The summed E-state index contributed by atoms with van der Waals surface area (Å²) in [5.41, 5.74) is 0.346. The minimum Gasteiger partial charge on any atom is -0.465 e. The van der Waals surface area contributed by atoms with Crippen LogP contribution < -0.4 is 4.72 Å². The van der Waals surface area contributed by atoms with E-state index in [2.05, 4.69) is 9.46 Å². The van der Waals surface area contributed by atoms with Crippen molar-refractivity contribution in [3.05, 3.63) is 29.8 Å². The zero-order valence-electron chi connectivity index (χ0n) is 14.0. The van der Waals surface area contributed by atoms with Crippen LogP contribution in [-0.2, 0) is 14.8 Å². The molecule has 0 aromatic heterocycles. The number of hydrogen-bond acceptors (Lipinski definition) is 4. The number of methoxy groups -OCH3 is 1. The second-order valence-corrected chi connectivity index (χ2v) is 8.67. The third kappa shape index (κ3) is 3.81. The molecular weight excluding hydrogens is 326 g/mol. The van der Waals surface area contributed by atoms with E-state index in [1.807, 2.05) is 0 Å². The molecule has 3 unspecified atom stereocenters.